The lowest BCUT2D eigenvalue weighted by Crippen LogP contribution is -2.17. The summed E-state index contributed by atoms with van der Waals surface area (Å²) in [7, 11) is 0. The van der Waals surface area contributed by atoms with Crippen LogP contribution < -0.4 is 0 Å². The van der Waals surface area contributed by atoms with E-state index in [-0.39, 0.29) is 16.8 Å². The fourth-order valence-electron chi connectivity index (χ4n) is 1.53. The number of rotatable bonds is 7. The molecular formula is C15H20O4S. The van der Waals surface area contributed by atoms with Gasteiger partial charge in [-0.2, -0.15) is 0 Å². The van der Waals surface area contributed by atoms with Crippen LogP contribution in [0.25, 0.3) is 0 Å². The minimum atomic E-state index is -0.968. The van der Waals surface area contributed by atoms with E-state index in [4.69, 9.17) is 9.84 Å². The average Bonchev–Trinajstić information content (AvgIpc) is 2.41. The van der Waals surface area contributed by atoms with Crippen molar-refractivity contribution in [3.63, 3.8) is 0 Å². The lowest BCUT2D eigenvalue weighted by atomic mass is 10.1. The molecule has 1 aromatic rings. The van der Waals surface area contributed by atoms with Gasteiger partial charge in [-0.25, -0.2) is 4.79 Å². The first-order chi connectivity index (χ1) is 9.45. The number of carboxylic acid groups (broad SMARTS) is 1. The average molecular weight is 296 g/mol. The lowest BCUT2D eigenvalue weighted by molar-refractivity contribution is -0.142. The van der Waals surface area contributed by atoms with Gasteiger partial charge in [-0.15, -0.1) is 11.8 Å². The molecule has 0 amide bonds. The van der Waals surface area contributed by atoms with Crippen LogP contribution in [0.1, 0.15) is 42.6 Å². The zero-order valence-corrected chi connectivity index (χ0v) is 12.8. The maximum Gasteiger partial charge on any atom is 0.335 e. The number of benzene rings is 1. The van der Waals surface area contributed by atoms with E-state index < -0.39 is 5.97 Å². The topological polar surface area (TPSA) is 63.6 Å². The first kappa shape index (κ1) is 16.6. The minimum Gasteiger partial charge on any atom is -0.478 e. The predicted molar refractivity (Wildman–Crippen MR) is 79.3 cm³/mol. The van der Waals surface area contributed by atoms with Gasteiger partial charge in [0.1, 0.15) is 5.25 Å². The molecule has 0 heterocycles. The van der Waals surface area contributed by atoms with Crippen LogP contribution in [-0.2, 0) is 9.53 Å². The van der Waals surface area contributed by atoms with E-state index in [1.165, 1.54) is 11.8 Å². The molecule has 0 aromatic heterocycles. The van der Waals surface area contributed by atoms with Gasteiger partial charge in [0.2, 0.25) is 0 Å². The second-order valence-corrected chi connectivity index (χ2v) is 5.95. The summed E-state index contributed by atoms with van der Waals surface area (Å²) in [5.74, 6) is -1.23. The van der Waals surface area contributed by atoms with Gasteiger partial charge < -0.3 is 9.84 Å². The van der Waals surface area contributed by atoms with Crippen molar-refractivity contribution in [1.29, 1.82) is 0 Å². The van der Waals surface area contributed by atoms with Crippen LogP contribution >= 0.6 is 11.8 Å². The Kier molecular flexibility index (Phi) is 6.58. The molecule has 0 fully saturated rings. The zero-order chi connectivity index (χ0) is 15.1. The van der Waals surface area contributed by atoms with Crippen LogP contribution in [0.2, 0.25) is 0 Å². The highest BCUT2D eigenvalue weighted by Gasteiger charge is 2.17. The third kappa shape index (κ3) is 4.89. The molecule has 4 nitrogen and oxygen atoms in total. The molecule has 1 atom stereocenters. The van der Waals surface area contributed by atoms with Crippen LogP contribution in [-0.4, -0.2) is 28.9 Å². The number of unbranched alkanes of at least 4 members (excludes halogenated alkanes) is 1. The van der Waals surface area contributed by atoms with Gasteiger partial charge >= 0.3 is 11.9 Å². The van der Waals surface area contributed by atoms with Crippen molar-refractivity contribution in [2.24, 2.45) is 0 Å². The van der Waals surface area contributed by atoms with Crippen molar-refractivity contribution in [3.05, 3.63) is 29.3 Å². The summed E-state index contributed by atoms with van der Waals surface area (Å²) in [6.45, 7) is 6.14. The molecule has 0 saturated heterocycles. The SMILES string of the molecule is CCCCOC(=O)C(C)Sc1cc(C(=O)O)ccc1C. The Morgan fingerprint density at radius 1 is 1.40 bits per heavy atom. The fraction of sp³-hybridized carbons (Fsp3) is 0.467. The van der Waals surface area contributed by atoms with Crippen LogP contribution in [0.15, 0.2) is 23.1 Å². The van der Waals surface area contributed by atoms with Gasteiger partial charge in [-0.1, -0.05) is 19.4 Å². The Balaban J connectivity index is 2.69. The van der Waals surface area contributed by atoms with Crippen molar-refractivity contribution < 1.29 is 19.4 Å². The molecule has 0 spiro atoms. The number of esters is 1. The third-order valence-corrected chi connectivity index (χ3v) is 4.05. The molecular weight excluding hydrogens is 276 g/mol. The molecule has 1 unspecified atom stereocenters. The zero-order valence-electron chi connectivity index (χ0n) is 12.0. The largest absolute Gasteiger partial charge is 0.478 e. The molecule has 0 aliphatic rings. The Morgan fingerprint density at radius 2 is 2.10 bits per heavy atom. The Hall–Kier alpha value is -1.49. The lowest BCUT2D eigenvalue weighted by Gasteiger charge is -2.13. The Labute approximate surface area is 123 Å². The summed E-state index contributed by atoms with van der Waals surface area (Å²) in [4.78, 5) is 23.5. The number of carboxylic acids is 1. The van der Waals surface area contributed by atoms with Crippen LogP contribution in [0.4, 0.5) is 0 Å². The van der Waals surface area contributed by atoms with Gasteiger partial charge in [0.25, 0.3) is 0 Å². The molecule has 5 heteroatoms. The molecule has 0 bridgehead atoms. The highest BCUT2D eigenvalue weighted by molar-refractivity contribution is 8.00. The number of hydrogen-bond donors (Lipinski definition) is 1. The minimum absolute atomic E-state index is 0.227. The van der Waals surface area contributed by atoms with Gasteiger partial charge in [0.05, 0.1) is 12.2 Å². The number of aryl methyl sites for hydroxylation is 1. The van der Waals surface area contributed by atoms with E-state index in [0.717, 1.165) is 23.3 Å². The third-order valence-electron chi connectivity index (χ3n) is 2.81. The first-order valence-corrected chi connectivity index (χ1v) is 7.51. The molecule has 0 radical (unpaired) electrons. The van der Waals surface area contributed by atoms with Crippen molar-refractivity contribution in [2.75, 3.05) is 6.61 Å². The van der Waals surface area contributed by atoms with E-state index >= 15 is 0 Å². The van der Waals surface area contributed by atoms with Gasteiger partial charge in [-0.3, -0.25) is 4.79 Å². The highest BCUT2D eigenvalue weighted by atomic mass is 32.2. The molecule has 1 N–H and O–H groups in total. The maximum absolute atomic E-state index is 11.8. The monoisotopic (exact) mass is 296 g/mol. The van der Waals surface area contributed by atoms with E-state index in [0.29, 0.717) is 6.61 Å². The number of carbonyl (C=O) groups is 2. The Bertz CT molecular complexity index is 485. The summed E-state index contributed by atoms with van der Waals surface area (Å²) in [6.07, 6.45) is 1.84. The summed E-state index contributed by atoms with van der Waals surface area (Å²) in [6, 6.07) is 4.91. The normalized spacial score (nSPS) is 11.9. The van der Waals surface area contributed by atoms with Crippen molar-refractivity contribution in [1.82, 2.24) is 0 Å². The van der Waals surface area contributed by atoms with E-state index in [9.17, 15) is 9.59 Å². The van der Waals surface area contributed by atoms with E-state index in [1.54, 1.807) is 25.1 Å². The first-order valence-electron chi connectivity index (χ1n) is 6.63. The van der Waals surface area contributed by atoms with E-state index in [1.807, 2.05) is 13.8 Å². The number of hydrogen-bond acceptors (Lipinski definition) is 4. The number of carbonyl (C=O) groups excluding carboxylic acids is 1. The quantitative estimate of drug-likeness (QED) is 0.474. The van der Waals surface area contributed by atoms with Gasteiger partial charge in [0, 0.05) is 4.90 Å². The molecule has 0 aliphatic carbocycles. The van der Waals surface area contributed by atoms with Crippen molar-refractivity contribution >= 4 is 23.7 Å². The Morgan fingerprint density at radius 3 is 2.70 bits per heavy atom. The van der Waals surface area contributed by atoms with Crippen LogP contribution in [0, 0.1) is 6.92 Å². The summed E-state index contributed by atoms with van der Waals surface area (Å²) < 4.78 is 5.16. The fourth-order valence-corrected chi connectivity index (χ4v) is 2.53. The van der Waals surface area contributed by atoms with Crippen molar-refractivity contribution in [3.8, 4) is 0 Å². The standard InChI is InChI=1S/C15H20O4S/c1-4-5-8-19-15(18)11(3)20-13-9-12(14(16)17)7-6-10(13)2/h6-7,9,11H,4-5,8H2,1-3H3,(H,16,17). The van der Waals surface area contributed by atoms with Gasteiger partial charge in [-0.05, 0) is 38.0 Å². The molecule has 1 aromatic carbocycles. The smallest absolute Gasteiger partial charge is 0.335 e. The number of aromatic carboxylic acids is 1. The van der Waals surface area contributed by atoms with Crippen LogP contribution in [0.5, 0.6) is 0 Å². The number of thioether (sulfide) groups is 1. The molecule has 20 heavy (non-hydrogen) atoms. The van der Waals surface area contributed by atoms with Gasteiger partial charge in [0.15, 0.2) is 0 Å². The predicted octanol–water partition coefficient (Wildman–Crippen LogP) is 3.52. The molecule has 0 aliphatic heterocycles. The number of ether oxygens (including phenoxy) is 1. The molecule has 110 valence electrons. The summed E-state index contributed by atoms with van der Waals surface area (Å²) in [5.41, 5.74) is 1.18. The van der Waals surface area contributed by atoms with Crippen molar-refractivity contribution in [2.45, 2.75) is 43.8 Å². The summed E-state index contributed by atoms with van der Waals surface area (Å²) >= 11 is 1.33. The summed E-state index contributed by atoms with van der Waals surface area (Å²) in [5, 5.41) is 8.63. The van der Waals surface area contributed by atoms with E-state index in [2.05, 4.69) is 0 Å². The highest BCUT2D eigenvalue weighted by Crippen LogP contribution is 2.28. The maximum atomic E-state index is 11.8. The second-order valence-electron chi connectivity index (χ2n) is 4.57. The second kappa shape index (κ2) is 7.94. The molecule has 0 saturated carbocycles. The molecule has 1 rings (SSSR count). The van der Waals surface area contributed by atoms with Crippen LogP contribution in [0.3, 0.4) is 0 Å².